The van der Waals surface area contributed by atoms with Gasteiger partial charge in [0.25, 0.3) is 0 Å². The van der Waals surface area contributed by atoms with Gasteiger partial charge in [-0.05, 0) is 5.92 Å². The van der Waals surface area contributed by atoms with Gasteiger partial charge >= 0.3 is 5.97 Å². The average molecular weight is 271 g/mol. The van der Waals surface area contributed by atoms with E-state index in [0.29, 0.717) is 25.6 Å². The van der Waals surface area contributed by atoms with Crippen LogP contribution in [-0.2, 0) is 14.3 Å². The van der Waals surface area contributed by atoms with Crippen LogP contribution in [0.25, 0.3) is 0 Å². The van der Waals surface area contributed by atoms with Crippen LogP contribution in [0, 0.1) is 11.8 Å². The Kier molecular flexibility index (Phi) is 6.28. The first-order valence-corrected chi connectivity index (χ1v) is 7.11. The standard InChI is InChI=1S/C14H25NO4/c1-4-11(5-2)10(3)14(18)15-6-7-19-12(9-15)8-13(16)17/h10-12H,4-9H2,1-3H3,(H,16,17). The van der Waals surface area contributed by atoms with E-state index in [1.807, 2.05) is 6.92 Å². The Bertz CT molecular complexity index is 315. The highest BCUT2D eigenvalue weighted by molar-refractivity contribution is 5.79. The van der Waals surface area contributed by atoms with Crippen LogP contribution >= 0.6 is 0 Å². The average Bonchev–Trinajstić information content (AvgIpc) is 2.38. The third-order valence-electron chi connectivity index (χ3n) is 4.00. The number of aliphatic carboxylic acids is 1. The Balaban J connectivity index is 2.58. The number of carboxylic acids is 1. The number of carboxylic acid groups (broad SMARTS) is 1. The first-order chi connectivity index (χ1) is 8.99. The van der Waals surface area contributed by atoms with Gasteiger partial charge in [-0.2, -0.15) is 0 Å². The molecule has 1 amide bonds. The van der Waals surface area contributed by atoms with Crippen molar-refractivity contribution in [3.05, 3.63) is 0 Å². The fourth-order valence-corrected chi connectivity index (χ4v) is 2.72. The predicted molar refractivity (Wildman–Crippen MR) is 71.8 cm³/mol. The molecule has 1 saturated heterocycles. The molecule has 0 aromatic rings. The molecule has 0 aliphatic carbocycles. The number of carbonyl (C=O) groups is 2. The maximum Gasteiger partial charge on any atom is 0.306 e. The molecule has 0 bridgehead atoms. The maximum absolute atomic E-state index is 12.4. The smallest absolute Gasteiger partial charge is 0.306 e. The number of hydrogen-bond acceptors (Lipinski definition) is 3. The molecule has 0 aromatic heterocycles. The van der Waals surface area contributed by atoms with Crippen molar-refractivity contribution in [2.75, 3.05) is 19.7 Å². The topological polar surface area (TPSA) is 66.8 Å². The first-order valence-electron chi connectivity index (χ1n) is 7.11. The molecule has 1 aliphatic rings. The third-order valence-corrected chi connectivity index (χ3v) is 4.00. The number of morpholine rings is 1. The summed E-state index contributed by atoms with van der Waals surface area (Å²) in [4.78, 5) is 24.9. The summed E-state index contributed by atoms with van der Waals surface area (Å²) in [6.07, 6.45) is 1.57. The predicted octanol–water partition coefficient (Wildman–Crippen LogP) is 1.76. The summed E-state index contributed by atoms with van der Waals surface area (Å²) in [5.74, 6) is -0.355. The lowest BCUT2D eigenvalue weighted by atomic mass is 9.88. The van der Waals surface area contributed by atoms with Crippen LogP contribution in [0.15, 0.2) is 0 Å². The summed E-state index contributed by atoms with van der Waals surface area (Å²) in [7, 11) is 0. The number of carbonyl (C=O) groups excluding carboxylic acids is 1. The number of rotatable bonds is 6. The SMILES string of the molecule is CCC(CC)C(C)C(=O)N1CCOC(CC(=O)O)C1. The van der Waals surface area contributed by atoms with Gasteiger partial charge in [0.05, 0.1) is 19.1 Å². The third kappa shape index (κ3) is 4.49. The molecule has 2 atom stereocenters. The molecule has 0 saturated carbocycles. The van der Waals surface area contributed by atoms with Gasteiger partial charge in [-0.3, -0.25) is 9.59 Å². The summed E-state index contributed by atoms with van der Waals surface area (Å²) in [6, 6.07) is 0. The van der Waals surface area contributed by atoms with Crippen LogP contribution < -0.4 is 0 Å². The van der Waals surface area contributed by atoms with Gasteiger partial charge in [-0.25, -0.2) is 0 Å². The van der Waals surface area contributed by atoms with Crippen molar-refractivity contribution in [1.82, 2.24) is 4.90 Å². The van der Waals surface area contributed by atoms with Crippen molar-refractivity contribution >= 4 is 11.9 Å². The minimum Gasteiger partial charge on any atom is -0.481 e. The monoisotopic (exact) mass is 271 g/mol. The Labute approximate surface area is 114 Å². The second kappa shape index (κ2) is 7.48. The molecule has 5 heteroatoms. The lowest BCUT2D eigenvalue weighted by Crippen LogP contribution is -2.48. The van der Waals surface area contributed by atoms with Crippen molar-refractivity contribution in [1.29, 1.82) is 0 Å². The molecular formula is C14H25NO4. The highest BCUT2D eigenvalue weighted by atomic mass is 16.5. The summed E-state index contributed by atoms with van der Waals surface area (Å²) in [5, 5.41) is 8.78. The molecular weight excluding hydrogens is 246 g/mol. The second-order valence-corrected chi connectivity index (χ2v) is 5.24. The van der Waals surface area contributed by atoms with Crippen LogP contribution in [0.3, 0.4) is 0 Å². The Morgan fingerprint density at radius 1 is 1.37 bits per heavy atom. The molecule has 1 aliphatic heterocycles. The molecule has 1 rings (SSSR count). The molecule has 5 nitrogen and oxygen atoms in total. The van der Waals surface area contributed by atoms with Crippen molar-refractivity contribution in [2.24, 2.45) is 11.8 Å². The Morgan fingerprint density at radius 3 is 2.53 bits per heavy atom. The Morgan fingerprint density at radius 2 is 2.00 bits per heavy atom. The molecule has 1 heterocycles. The van der Waals surface area contributed by atoms with E-state index in [0.717, 1.165) is 12.8 Å². The Hall–Kier alpha value is -1.10. The van der Waals surface area contributed by atoms with Crippen molar-refractivity contribution in [2.45, 2.75) is 46.1 Å². The van der Waals surface area contributed by atoms with Gasteiger partial charge in [0.15, 0.2) is 0 Å². The van der Waals surface area contributed by atoms with Gasteiger partial charge in [-0.15, -0.1) is 0 Å². The number of ether oxygens (including phenoxy) is 1. The second-order valence-electron chi connectivity index (χ2n) is 5.24. The number of amides is 1. The van der Waals surface area contributed by atoms with E-state index >= 15 is 0 Å². The van der Waals surface area contributed by atoms with Crippen molar-refractivity contribution in [3.63, 3.8) is 0 Å². The molecule has 0 spiro atoms. The molecule has 19 heavy (non-hydrogen) atoms. The van der Waals surface area contributed by atoms with Crippen molar-refractivity contribution in [3.8, 4) is 0 Å². The molecule has 110 valence electrons. The maximum atomic E-state index is 12.4. The summed E-state index contributed by atoms with van der Waals surface area (Å²) in [5.41, 5.74) is 0. The van der Waals surface area contributed by atoms with Gasteiger partial charge in [0, 0.05) is 19.0 Å². The van der Waals surface area contributed by atoms with Crippen LogP contribution in [0.2, 0.25) is 0 Å². The van der Waals surface area contributed by atoms with E-state index in [1.54, 1.807) is 4.90 Å². The van der Waals surface area contributed by atoms with Gasteiger partial charge in [0.2, 0.25) is 5.91 Å². The lowest BCUT2D eigenvalue weighted by molar-refractivity contribution is -0.150. The number of nitrogens with zero attached hydrogens (tertiary/aromatic N) is 1. The lowest BCUT2D eigenvalue weighted by Gasteiger charge is -2.35. The van der Waals surface area contributed by atoms with E-state index in [4.69, 9.17) is 9.84 Å². The van der Waals surface area contributed by atoms with Crippen molar-refractivity contribution < 1.29 is 19.4 Å². The van der Waals surface area contributed by atoms with Gasteiger partial charge in [0.1, 0.15) is 0 Å². The molecule has 1 N–H and O–H groups in total. The molecule has 0 radical (unpaired) electrons. The quantitative estimate of drug-likeness (QED) is 0.799. The fraction of sp³-hybridized carbons (Fsp3) is 0.857. The zero-order chi connectivity index (χ0) is 14.4. The van der Waals surface area contributed by atoms with E-state index in [1.165, 1.54) is 0 Å². The van der Waals surface area contributed by atoms with Gasteiger partial charge in [-0.1, -0.05) is 33.6 Å². The zero-order valence-corrected chi connectivity index (χ0v) is 12.1. The van der Waals surface area contributed by atoms with Gasteiger partial charge < -0.3 is 14.7 Å². The van der Waals surface area contributed by atoms with E-state index in [-0.39, 0.29) is 24.3 Å². The van der Waals surface area contributed by atoms with Crippen LogP contribution in [-0.4, -0.2) is 47.7 Å². The zero-order valence-electron chi connectivity index (χ0n) is 12.1. The summed E-state index contributed by atoms with van der Waals surface area (Å²) in [6.45, 7) is 7.57. The normalized spacial score (nSPS) is 21.5. The largest absolute Gasteiger partial charge is 0.481 e. The highest BCUT2D eigenvalue weighted by Crippen LogP contribution is 2.22. The van der Waals surface area contributed by atoms with E-state index in [9.17, 15) is 9.59 Å². The summed E-state index contributed by atoms with van der Waals surface area (Å²) >= 11 is 0. The highest BCUT2D eigenvalue weighted by Gasteiger charge is 2.30. The number of hydrogen-bond donors (Lipinski definition) is 1. The fourth-order valence-electron chi connectivity index (χ4n) is 2.72. The minimum atomic E-state index is -0.882. The molecule has 0 aromatic carbocycles. The molecule has 1 fully saturated rings. The van der Waals surface area contributed by atoms with Crippen LogP contribution in [0.5, 0.6) is 0 Å². The van der Waals surface area contributed by atoms with Crippen LogP contribution in [0.4, 0.5) is 0 Å². The first kappa shape index (κ1) is 16.0. The summed E-state index contributed by atoms with van der Waals surface area (Å²) < 4.78 is 5.39. The minimum absolute atomic E-state index is 0.00132. The van der Waals surface area contributed by atoms with E-state index in [2.05, 4.69) is 13.8 Å². The van der Waals surface area contributed by atoms with Crippen LogP contribution in [0.1, 0.15) is 40.0 Å². The van der Waals surface area contributed by atoms with E-state index < -0.39 is 5.97 Å². The molecule has 2 unspecified atom stereocenters.